The van der Waals surface area contributed by atoms with Crippen LogP contribution in [0.25, 0.3) is 30.6 Å². The maximum absolute atomic E-state index is 5.37. The van der Waals surface area contributed by atoms with Crippen molar-refractivity contribution in [1.82, 2.24) is 29.9 Å². The number of nitrogens with one attached hydrogen (secondary N) is 3. The summed E-state index contributed by atoms with van der Waals surface area (Å²) in [5.74, 6) is 6.02. The molecule has 0 saturated heterocycles. The minimum atomic E-state index is 0.222. The van der Waals surface area contributed by atoms with Crippen molar-refractivity contribution in [2.45, 2.75) is 59.4 Å². The Morgan fingerprint density at radius 3 is 2.02 bits per heavy atom. The highest BCUT2D eigenvalue weighted by molar-refractivity contribution is 7.19. The van der Waals surface area contributed by atoms with Gasteiger partial charge in [-0.3, -0.25) is 0 Å². The van der Waals surface area contributed by atoms with Crippen LogP contribution in [0.2, 0.25) is 0 Å². The fourth-order valence-electron chi connectivity index (χ4n) is 7.01. The highest BCUT2D eigenvalue weighted by Gasteiger charge is 2.13. The van der Waals surface area contributed by atoms with Crippen molar-refractivity contribution >= 4 is 82.1 Å². The smallest absolute Gasteiger partial charge is 0.160 e. The third kappa shape index (κ3) is 12.2. The van der Waals surface area contributed by atoms with E-state index in [-0.39, 0.29) is 6.04 Å². The fraction of sp³-hybridized carbons (Fsp3) is 0.280. The van der Waals surface area contributed by atoms with Gasteiger partial charge in [-0.05, 0) is 97.6 Å². The minimum Gasteiger partial charge on any atom is -0.497 e. The van der Waals surface area contributed by atoms with E-state index in [0.29, 0.717) is 0 Å². The van der Waals surface area contributed by atoms with E-state index in [1.165, 1.54) is 26.4 Å². The molecule has 0 spiro atoms. The Kier molecular flexibility index (Phi) is 16.5. The SMILES string of the molecule is CCc1cc2c(NC(C)c3ccccc3)ncnc2s1.CCc1nc(NCCc2ccc(OC)c(OC)c2)c2cc(C)sc2n1.COc1ccc(CCNc2ncnc3sccc23)cc1. The minimum absolute atomic E-state index is 0.222. The average Bonchev–Trinajstić information content (AvgIpc) is 4.11. The maximum atomic E-state index is 5.37. The molecule has 6 heterocycles. The molecule has 1 atom stereocenters. The van der Waals surface area contributed by atoms with Crippen molar-refractivity contribution in [3.05, 3.63) is 141 Å². The number of thiophene rings is 3. The van der Waals surface area contributed by atoms with Crippen LogP contribution in [0.1, 0.15) is 59.1 Å². The molecule has 1 unspecified atom stereocenters. The lowest BCUT2D eigenvalue weighted by Gasteiger charge is -2.15. The van der Waals surface area contributed by atoms with Gasteiger partial charge in [0.25, 0.3) is 0 Å². The first-order chi connectivity index (χ1) is 31.8. The Balaban J connectivity index is 0.000000147. The molecular formula is C50H55N9O3S3. The summed E-state index contributed by atoms with van der Waals surface area (Å²) in [4.78, 5) is 32.3. The number of ether oxygens (including phenoxy) is 3. The van der Waals surface area contributed by atoms with E-state index in [1.54, 1.807) is 68.0 Å². The zero-order chi connectivity index (χ0) is 45.5. The number of benzene rings is 3. The molecule has 0 aliphatic carbocycles. The van der Waals surface area contributed by atoms with Gasteiger partial charge in [-0.25, -0.2) is 29.9 Å². The summed E-state index contributed by atoms with van der Waals surface area (Å²) < 4.78 is 15.8. The molecule has 336 valence electrons. The summed E-state index contributed by atoms with van der Waals surface area (Å²) in [6.45, 7) is 10.1. The Bertz CT molecular complexity index is 2900. The summed E-state index contributed by atoms with van der Waals surface area (Å²) in [7, 11) is 4.98. The zero-order valence-electron chi connectivity index (χ0n) is 37.8. The number of hydrogen-bond acceptors (Lipinski definition) is 15. The van der Waals surface area contributed by atoms with Gasteiger partial charge in [0, 0.05) is 35.3 Å². The van der Waals surface area contributed by atoms with Crippen LogP contribution in [-0.2, 0) is 25.7 Å². The zero-order valence-corrected chi connectivity index (χ0v) is 40.3. The van der Waals surface area contributed by atoms with E-state index in [2.05, 4.69) is 134 Å². The lowest BCUT2D eigenvalue weighted by atomic mass is 10.1. The molecule has 6 aromatic heterocycles. The van der Waals surface area contributed by atoms with Crippen molar-refractivity contribution in [3.8, 4) is 17.2 Å². The van der Waals surface area contributed by atoms with Crippen LogP contribution in [0.3, 0.4) is 0 Å². The predicted octanol–water partition coefficient (Wildman–Crippen LogP) is 12.0. The van der Waals surface area contributed by atoms with Gasteiger partial charge in [-0.15, -0.1) is 34.0 Å². The number of aryl methyl sites for hydroxylation is 3. The van der Waals surface area contributed by atoms with E-state index < -0.39 is 0 Å². The van der Waals surface area contributed by atoms with E-state index in [0.717, 1.165) is 110 Å². The third-order valence-electron chi connectivity index (χ3n) is 10.5. The van der Waals surface area contributed by atoms with Gasteiger partial charge in [0.15, 0.2) is 11.5 Å². The molecular weight excluding hydrogens is 871 g/mol. The second kappa shape index (κ2) is 23.0. The number of nitrogens with zero attached hydrogens (tertiary/aromatic N) is 6. The quantitative estimate of drug-likeness (QED) is 0.0849. The molecule has 0 bridgehead atoms. The fourth-order valence-corrected chi connectivity index (χ4v) is 9.58. The van der Waals surface area contributed by atoms with Crippen molar-refractivity contribution < 1.29 is 14.2 Å². The highest BCUT2D eigenvalue weighted by Crippen LogP contribution is 2.32. The van der Waals surface area contributed by atoms with E-state index in [1.807, 2.05) is 35.7 Å². The first kappa shape index (κ1) is 46.6. The Morgan fingerprint density at radius 1 is 0.600 bits per heavy atom. The van der Waals surface area contributed by atoms with Crippen molar-refractivity contribution in [1.29, 1.82) is 0 Å². The Labute approximate surface area is 392 Å². The van der Waals surface area contributed by atoms with Crippen molar-refractivity contribution in [2.24, 2.45) is 0 Å². The Hall–Kier alpha value is -6.42. The number of anilines is 3. The molecule has 9 rings (SSSR count). The number of aromatic nitrogens is 6. The number of methoxy groups -OCH3 is 3. The molecule has 9 aromatic rings. The topological polar surface area (TPSA) is 141 Å². The molecule has 3 N–H and O–H groups in total. The maximum Gasteiger partial charge on any atom is 0.160 e. The predicted molar refractivity (Wildman–Crippen MR) is 271 cm³/mol. The lowest BCUT2D eigenvalue weighted by Crippen LogP contribution is -2.08. The Morgan fingerprint density at radius 2 is 1.29 bits per heavy atom. The molecule has 0 aliphatic heterocycles. The van der Waals surface area contributed by atoms with Crippen LogP contribution in [-0.4, -0.2) is 64.3 Å². The van der Waals surface area contributed by atoms with Crippen LogP contribution in [0.4, 0.5) is 17.5 Å². The van der Waals surface area contributed by atoms with Crippen molar-refractivity contribution in [3.63, 3.8) is 0 Å². The summed E-state index contributed by atoms with van der Waals surface area (Å²) in [5.41, 5.74) is 3.71. The van der Waals surface area contributed by atoms with E-state index >= 15 is 0 Å². The normalized spacial score (nSPS) is 11.3. The molecule has 12 nitrogen and oxygen atoms in total. The summed E-state index contributed by atoms with van der Waals surface area (Å²) in [5, 5.41) is 15.7. The van der Waals surface area contributed by atoms with Gasteiger partial charge in [-0.2, -0.15) is 0 Å². The summed E-state index contributed by atoms with van der Waals surface area (Å²) in [6.07, 6.45) is 6.93. The van der Waals surface area contributed by atoms with Crippen LogP contribution in [0.5, 0.6) is 17.2 Å². The van der Waals surface area contributed by atoms with Crippen molar-refractivity contribution in [2.75, 3.05) is 50.4 Å². The molecule has 0 amide bonds. The molecule has 65 heavy (non-hydrogen) atoms. The standard InChI is InChI=1S/C19H23N3O2S.C16H17N3S.C15H15N3OS/c1-5-17-21-18(14-10-12(2)25-19(14)22-17)20-9-8-13-6-7-15(23-3)16(11-13)24-4;1-3-13-9-14-15(17-10-18-16(14)20-13)19-11(2)12-7-5-4-6-8-12;1-19-12-4-2-11(3-5-12)6-8-16-14-13-7-9-20-15(13)18-10-17-14/h6-7,10-11H,5,8-9H2,1-4H3,(H,20,21,22);4-11H,3H2,1-2H3,(H,17,18,19);2-5,7,9-10H,6,8H2,1H3,(H,16,17,18). The third-order valence-corrected chi connectivity index (χ3v) is 13.5. The lowest BCUT2D eigenvalue weighted by molar-refractivity contribution is 0.354. The monoisotopic (exact) mass is 925 g/mol. The number of rotatable bonds is 16. The summed E-state index contributed by atoms with van der Waals surface area (Å²) >= 11 is 5.09. The van der Waals surface area contributed by atoms with Gasteiger partial charge in [-0.1, -0.05) is 62.4 Å². The van der Waals surface area contributed by atoms with Gasteiger partial charge >= 0.3 is 0 Å². The van der Waals surface area contributed by atoms with Gasteiger partial charge in [0.05, 0.1) is 37.5 Å². The second-order valence-electron chi connectivity index (χ2n) is 15.0. The number of hydrogen-bond donors (Lipinski definition) is 3. The van der Waals surface area contributed by atoms with Crippen LogP contribution < -0.4 is 30.2 Å². The van der Waals surface area contributed by atoms with Crippen LogP contribution >= 0.6 is 34.0 Å². The van der Waals surface area contributed by atoms with E-state index in [9.17, 15) is 0 Å². The molecule has 0 aliphatic rings. The molecule has 3 aromatic carbocycles. The highest BCUT2D eigenvalue weighted by atomic mass is 32.1. The molecule has 15 heteroatoms. The van der Waals surface area contributed by atoms with Gasteiger partial charge < -0.3 is 30.2 Å². The molecule has 0 saturated carbocycles. The van der Waals surface area contributed by atoms with Gasteiger partial charge in [0.1, 0.15) is 56.2 Å². The first-order valence-electron chi connectivity index (χ1n) is 21.6. The molecule has 0 radical (unpaired) electrons. The molecule has 0 fully saturated rings. The van der Waals surface area contributed by atoms with E-state index in [4.69, 9.17) is 14.2 Å². The first-order valence-corrected chi connectivity index (χ1v) is 24.1. The van der Waals surface area contributed by atoms with Crippen LogP contribution in [0, 0.1) is 6.92 Å². The largest absolute Gasteiger partial charge is 0.497 e. The number of fused-ring (bicyclic) bond motifs is 3. The average molecular weight is 926 g/mol. The van der Waals surface area contributed by atoms with Crippen LogP contribution in [0.15, 0.2) is 109 Å². The second-order valence-corrected chi connectivity index (χ2v) is 18.2. The van der Waals surface area contributed by atoms with Gasteiger partial charge in [0.2, 0.25) is 0 Å². The summed E-state index contributed by atoms with van der Waals surface area (Å²) in [6, 6.07) is 31.2.